The Morgan fingerprint density at radius 2 is 1.81 bits per heavy atom. The molecule has 21 heavy (non-hydrogen) atoms. The summed E-state index contributed by atoms with van der Waals surface area (Å²) < 4.78 is 5.06. The van der Waals surface area contributed by atoms with E-state index in [0.717, 1.165) is 11.3 Å². The van der Waals surface area contributed by atoms with Gasteiger partial charge in [0.15, 0.2) is 0 Å². The van der Waals surface area contributed by atoms with E-state index in [4.69, 9.17) is 10.5 Å². The minimum absolute atomic E-state index is 0.0673. The molecule has 0 aromatic heterocycles. The first-order valence-electron chi connectivity index (χ1n) is 6.93. The van der Waals surface area contributed by atoms with Crippen LogP contribution < -0.4 is 15.8 Å². The monoisotopic (exact) mass is 284 g/mol. The van der Waals surface area contributed by atoms with Gasteiger partial charge in [-0.2, -0.15) is 0 Å². The minimum Gasteiger partial charge on any atom is -0.497 e. The number of rotatable bonds is 6. The molecule has 3 N–H and O–H groups in total. The van der Waals surface area contributed by atoms with E-state index < -0.39 is 0 Å². The molecule has 0 saturated carbocycles. The third-order valence-corrected chi connectivity index (χ3v) is 3.32. The predicted molar refractivity (Wildman–Crippen MR) is 83.3 cm³/mol. The van der Waals surface area contributed by atoms with Crippen LogP contribution in [0.4, 0.5) is 0 Å². The third-order valence-electron chi connectivity index (χ3n) is 3.32. The fourth-order valence-corrected chi connectivity index (χ4v) is 2.05. The zero-order valence-corrected chi connectivity index (χ0v) is 12.1. The normalized spacial score (nSPS) is 11.7. The molecule has 0 aliphatic carbocycles. The molecule has 2 rings (SSSR count). The number of nitrogens with two attached hydrogens (primary N) is 1. The maximum absolute atomic E-state index is 12.0. The van der Waals surface area contributed by atoms with Gasteiger partial charge >= 0.3 is 0 Å². The van der Waals surface area contributed by atoms with Crippen LogP contribution in [-0.4, -0.2) is 19.6 Å². The van der Waals surface area contributed by atoms with Gasteiger partial charge in [-0.15, -0.1) is 0 Å². The van der Waals surface area contributed by atoms with E-state index in [-0.39, 0.29) is 11.9 Å². The Morgan fingerprint density at radius 1 is 1.14 bits per heavy atom. The molecule has 1 unspecified atom stereocenters. The standard InChI is InChI=1S/C17H20N2O2/c1-21-15-9-7-14(8-10-15)17(20)19-12-11-16(18)13-5-3-2-4-6-13/h2-10,16H,11-12,18H2,1H3,(H,19,20). The SMILES string of the molecule is COc1ccc(C(=O)NCCC(N)c2ccccc2)cc1. The molecule has 0 heterocycles. The van der Waals surface area contributed by atoms with Crippen molar-refractivity contribution < 1.29 is 9.53 Å². The Morgan fingerprint density at radius 3 is 2.43 bits per heavy atom. The fraction of sp³-hybridized carbons (Fsp3) is 0.235. The second-order valence-electron chi connectivity index (χ2n) is 4.79. The highest BCUT2D eigenvalue weighted by atomic mass is 16.5. The molecule has 0 radical (unpaired) electrons. The van der Waals surface area contributed by atoms with Gasteiger partial charge < -0.3 is 15.8 Å². The predicted octanol–water partition coefficient (Wildman–Crippen LogP) is 2.52. The van der Waals surface area contributed by atoms with Crippen LogP contribution in [0.5, 0.6) is 5.75 Å². The van der Waals surface area contributed by atoms with Crippen molar-refractivity contribution in [2.75, 3.05) is 13.7 Å². The molecule has 0 spiro atoms. The van der Waals surface area contributed by atoms with E-state index in [9.17, 15) is 4.79 Å². The van der Waals surface area contributed by atoms with Crippen LogP contribution in [0.3, 0.4) is 0 Å². The lowest BCUT2D eigenvalue weighted by Gasteiger charge is -2.12. The van der Waals surface area contributed by atoms with Crippen molar-refractivity contribution >= 4 is 5.91 Å². The van der Waals surface area contributed by atoms with Crippen LogP contribution in [0.15, 0.2) is 54.6 Å². The number of ether oxygens (including phenoxy) is 1. The molecular weight excluding hydrogens is 264 g/mol. The molecule has 2 aromatic carbocycles. The average Bonchev–Trinajstić information content (AvgIpc) is 2.55. The van der Waals surface area contributed by atoms with Gasteiger partial charge in [0.1, 0.15) is 5.75 Å². The number of hydrogen-bond acceptors (Lipinski definition) is 3. The Hall–Kier alpha value is -2.33. The lowest BCUT2D eigenvalue weighted by molar-refractivity contribution is 0.0952. The van der Waals surface area contributed by atoms with Gasteiger partial charge in [-0.3, -0.25) is 4.79 Å². The Labute approximate surface area is 124 Å². The van der Waals surface area contributed by atoms with Crippen molar-refractivity contribution in [2.24, 2.45) is 5.73 Å². The van der Waals surface area contributed by atoms with Gasteiger partial charge in [0.05, 0.1) is 7.11 Å². The number of methoxy groups -OCH3 is 1. The van der Waals surface area contributed by atoms with E-state index in [1.807, 2.05) is 30.3 Å². The van der Waals surface area contributed by atoms with Crippen molar-refractivity contribution in [3.63, 3.8) is 0 Å². The van der Waals surface area contributed by atoms with Crippen molar-refractivity contribution in [1.29, 1.82) is 0 Å². The Balaban J connectivity index is 1.81. The zero-order chi connectivity index (χ0) is 15.1. The zero-order valence-electron chi connectivity index (χ0n) is 12.1. The van der Waals surface area contributed by atoms with Crippen molar-refractivity contribution in [3.05, 3.63) is 65.7 Å². The summed E-state index contributed by atoms with van der Waals surface area (Å²) in [4.78, 5) is 12.0. The second kappa shape index (κ2) is 7.45. The fourth-order valence-electron chi connectivity index (χ4n) is 2.05. The number of carbonyl (C=O) groups excluding carboxylic acids is 1. The molecule has 1 amide bonds. The minimum atomic E-state index is -0.0992. The highest BCUT2D eigenvalue weighted by Gasteiger charge is 2.08. The summed E-state index contributed by atoms with van der Waals surface area (Å²) in [5.41, 5.74) is 7.78. The molecule has 0 saturated heterocycles. The number of carbonyl (C=O) groups is 1. The molecule has 2 aromatic rings. The average molecular weight is 284 g/mol. The van der Waals surface area contributed by atoms with Crippen LogP contribution >= 0.6 is 0 Å². The highest BCUT2D eigenvalue weighted by Crippen LogP contribution is 2.13. The second-order valence-corrected chi connectivity index (χ2v) is 4.79. The smallest absolute Gasteiger partial charge is 0.251 e. The molecule has 0 aliphatic rings. The number of benzene rings is 2. The van der Waals surface area contributed by atoms with Gasteiger partial charge in [0.25, 0.3) is 5.91 Å². The summed E-state index contributed by atoms with van der Waals surface area (Å²) in [6.45, 7) is 0.543. The number of amides is 1. The van der Waals surface area contributed by atoms with E-state index in [0.29, 0.717) is 18.5 Å². The summed E-state index contributed by atoms with van der Waals surface area (Å²) in [6, 6.07) is 16.8. The van der Waals surface area contributed by atoms with Gasteiger partial charge in [-0.25, -0.2) is 0 Å². The Bertz CT molecular complexity index is 567. The van der Waals surface area contributed by atoms with Crippen LogP contribution in [0.2, 0.25) is 0 Å². The first-order valence-corrected chi connectivity index (χ1v) is 6.93. The van der Waals surface area contributed by atoms with Gasteiger partial charge in [-0.05, 0) is 36.2 Å². The van der Waals surface area contributed by atoms with E-state index >= 15 is 0 Å². The maximum Gasteiger partial charge on any atom is 0.251 e. The summed E-state index contributed by atoms with van der Waals surface area (Å²) in [5, 5.41) is 2.88. The van der Waals surface area contributed by atoms with Crippen molar-refractivity contribution in [2.45, 2.75) is 12.5 Å². The first-order chi connectivity index (χ1) is 10.2. The highest BCUT2D eigenvalue weighted by molar-refractivity contribution is 5.94. The van der Waals surface area contributed by atoms with Crippen LogP contribution in [0.1, 0.15) is 28.4 Å². The quantitative estimate of drug-likeness (QED) is 0.856. The molecular formula is C17H20N2O2. The first kappa shape index (κ1) is 15.1. The summed E-state index contributed by atoms with van der Waals surface area (Å²) in [6.07, 6.45) is 0.700. The van der Waals surface area contributed by atoms with Crippen LogP contribution in [-0.2, 0) is 0 Å². The molecule has 1 atom stereocenters. The molecule has 4 heteroatoms. The lowest BCUT2D eigenvalue weighted by atomic mass is 10.1. The van der Waals surface area contributed by atoms with Gasteiger partial charge in [-0.1, -0.05) is 30.3 Å². The van der Waals surface area contributed by atoms with Gasteiger partial charge in [0.2, 0.25) is 0 Å². The summed E-state index contributed by atoms with van der Waals surface area (Å²) >= 11 is 0. The number of nitrogens with one attached hydrogen (secondary N) is 1. The van der Waals surface area contributed by atoms with E-state index in [2.05, 4.69) is 5.32 Å². The van der Waals surface area contributed by atoms with Crippen LogP contribution in [0.25, 0.3) is 0 Å². The Kier molecular flexibility index (Phi) is 5.35. The lowest BCUT2D eigenvalue weighted by Crippen LogP contribution is -2.27. The van der Waals surface area contributed by atoms with E-state index in [1.165, 1.54) is 0 Å². The third kappa shape index (κ3) is 4.33. The van der Waals surface area contributed by atoms with Gasteiger partial charge in [0, 0.05) is 18.2 Å². The van der Waals surface area contributed by atoms with Crippen LogP contribution in [0, 0.1) is 0 Å². The topological polar surface area (TPSA) is 64.3 Å². The summed E-state index contributed by atoms with van der Waals surface area (Å²) in [7, 11) is 1.60. The number of hydrogen-bond donors (Lipinski definition) is 2. The molecule has 0 bridgehead atoms. The summed E-state index contributed by atoms with van der Waals surface area (Å²) in [5.74, 6) is 0.635. The molecule has 0 aliphatic heterocycles. The molecule has 4 nitrogen and oxygen atoms in total. The maximum atomic E-state index is 12.0. The van der Waals surface area contributed by atoms with Crippen molar-refractivity contribution in [1.82, 2.24) is 5.32 Å². The molecule has 0 fully saturated rings. The van der Waals surface area contributed by atoms with E-state index in [1.54, 1.807) is 31.4 Å². The largest absolute Gasteiger partial charge is 0.497 e. The van der Waals surface area contributed by atoms with Crippen molar-refractivity contribution in [3.8, 4) is 5.75 Å². The molecule has 110 valence electrons.